The number of anilines is 1. The minimum Gasteiger partial charge on any atom is -0.452 e. The van der Waals surface area contributed by atoms with E-state index in [9.17, 15) is 28.0 Å². The largest absolute Gasteiger partial charge is 0.452 e. The van der Waals surface area contributed by atoms with Crippen LogP contribution in [0.25, 0.3) is 0 Å². The molecule has 2 aromatic rings. The van der Waals surface area contributed by atoms with Crippen molar-refractivity contribution < 1.29 is 37.4 Å². The number of carbonyl (C=O) groups is 4. The summed E-state index contributed by atoms with van der Waals surface area (Å²) in [7, 11) is 0. The number of nitrogens with one attached hydrogen (secondary N) is 2. The molecule has 1 saturated heterocycles. The Morgan fingerprint density at radius 3 is 2.62 bits per heavy atom. The molecule has 1 heterocycles. The number of hydrogen-bond donors (Lipinski definition) is 2. The van der Waals surface area contributed by atoms with E-state index in [1.807, 2.05) is 0 Å². The van der Waals surface area contributed by atoms with E-state index in [2.05, 4.69) is 15.4 Å². The van der Waals surface area contributed by atoms with E-state index in [4.69, 9.17) is 16.3 Å². The number of imide groups is 1. The zero-order valence-corrected chi connectivity index (χ0v) is 17.0. The second-order valence-electron chi connectivity index (χ2n) is 6.49. The molecule has 0 spiro atoms. The van der Waals surface area contributed by atoms with Gasteiger partial charge in [-0.15, -0.1) is 0 Å². The fourth-order valence-corrected chi connectivity index (χ4v) is 3.00. The number of hydrogen-bond acceptors (Lipinski definition) is 6. The highest BCUT2D eigenvalue weighted by Crippen LogP contribution is 2.28. The monoisotopic (exact) mass is 467 g/mol. The van der Waals surface area contributed by atoms with Crippen LogP contribution in [0.1, 0.15) is 15.9 Å². The fraction of sp³-hybridized carbons (Fsp3) is 0.200. The molecule has 4 amide bonds. The smallest absolute Gasteiger partial charge is 0.387 e. The van der Waals surface area contributed by atoms with Gasteiger partial charge in [0.15, 0.2) is 6.61 Å². The van der Waals surface area contributed by atoms with Crippen LogP contribution in [0.15, 0.2) is 42.5 Å². The van der Waals surface area contributed by atoms with E-state index in [0.29, 0.717) is 5.56 Å². The second kappa shape index (κ2) is 10.1. The lowest BCUT2D eigenvalue weighted by molar-refractivity contribution is -0.125. The van der Waals surface area contributed by atoms with E-state index in [0.717, 1.165) is 11.0 Å². The lowest BCUT2D eigenvalue weighted by atomic mass is 10.1. The summed E-state index contributed by atoms with van der Waals surface area (Å²) in [6.07, 6.45) is 0. The van der Waals surface area contributed by atoms with Crippen LogP contribution in [0.4, 0.5) is 19.3 Å². The van der Waals surface area contributed by atoms with Crippen molar-refractivity contribution in [2.75, 3.05) is 18.5 Å². The van der Waals surface area contributed by atoms with Crippen molar-refractivity contribution in [3.05, 3.63) is 58.6 Å². The van der Waals surface area contributed by atoms with Crippen LogP contribution in [0.2, 0.25) is 5.02 Å². The standard InChI is InChI=1S/C20H16ClF2N3O6/c21-14-7-13(4-5-15(14)32-19(22)23)25-16(27)10-31-18(29)12-3-1-2-11(6-12)9-26-17(28)8-24-20(26)30/h1-7,19H,8-10H2,(H,24,30)(H,25,27). The van der Waals surface area contributed by atoms with Crippen LogP contribution < -0.4 is 15.4 Å². The number of benzene rings is 2. The van der Waals surface area contributed by atoms with Crippen LogP contribution in [-0.4, -0.2) is 48.5 Å². The number of urea groups is 1. The maximum atomic E-state index is 12.3. The molecular formula is C20H16ClF2N3O6. The van der Waals surface area contributed by atoms with Crippen LogP contribution >= 0.6 is 11.6 Å². The van der Waals surface area contributed by atoms with E-state index < -0.39 is 31.1 Å². The predicted octanol–water partition coefficient (Wildman–Crippen LogP) is 2.79. The number of rotatable bonds is 8. The Morgan fingerprint density at radius 2 is 1.97 bits per heavy atom. The maximum absolute atomic E-state index is 12.3. The van der Waals surface area contributed by atoms with Gasteiger partial charge in [0.2, 0.25) is 5.91 Å². The molecule has 1 aliphatic rings. The molecule has 0 aliphatic carbocycles. The van der Waals surface area contributed by atoms with Gasteiger partial charge < -0.3 is 20.1 Å². The normalized spacial score (nSPS) is 13.2. The molecule has 1 aliphatic heterocycles. The van der Waals surface area contributed by atoms with Gasteiger partial charge in [0.05, 0.1) is 23.7 Å². The number of nitrogens with zero attached hydrogens (tertiary/aromatic N) is 1. The summed E-state index contributed by atoms with van der Waals surface area (Å²) in [4.78, 5) is 48.6. The summed E-state index contributed by atoms with van der Waals surface area (Å²) >= 11 is 5.81. The van der Waals surface area contributed by atoms with Crippen molar-refractivity contribution >= 4 is 41.1 Å². The van der Waals surface area contributed by atoms with E-state index in [1.165, 1.54) is 24.3 Å². The third-order valence-electron chi connectivity index (χ3n) is 4.21. The summed E-state index contributed by atoms with van der Waals surface area (Å²) in [6, 6.07) is 9.22. The van der Waals surface area contributed by atoms with Gasteiger partial charge in [0, 0.05) is 5.69 Å². The molecule has 0 unspecified atom stereocenters. The third-order valence-corrected chi connectivity index (χ3v) is 4.50. The summed E-state index contributed by atoms with van der Waals surface area (Å²) in [5, 5.41) is 4.67. The van der Waals surface area contributed by atoms with Crippen molar-refractivity contribution in [2.45, 2.75) is 13.2 Å². The third kappa shape index (κ3) is 5.91. The van der Waals surface area contributed by atoms with Gasteiger partial charge in [0.1, 0.15) is 5.75 Å². The average molecular weight is 468 g/mol. The van der Waals surface area contributed by atoms with Crippen LogP contribution in [0, 0.1) is 0 Å². The van der Waals surface area contributed by atoms with Crippen LogP contribution in [0.3, 0.4) is 0 Å². The fourth-order valence-electron chi connectivity index (χ4n) is 2.78. The Kier molecular flexibility index (Phi) is 7.21. The lowest BCUT2D eigenvalue weighted by Gasteiger charge is -2.13. The van der Waals surface area contributed by atoms with Gasteiger partial charge in [-0.25, -0.2) is 9.59 Å². The van der Waals surface area contributed by atoms with E-state index in [1.54, 1.807) is 12.1 Å². The van der Waals surface area contributed by atoms with Crippen molar-refractivity contribution in [2.24, 2.45) is 0 Å². The Balaban J connectivity index is 1.54. The molecular weight excluding hydrogens is 452 g/mol. The number of esters is 1. The van der Waals surface area contributed by atoms with Gasteiger partial charge in [-0.1, -0.05) is 23.7 Å². The topological polar surface area (TPSA) is 114 Å². The average Bonchev–Trinajstić information content (AvgIpc) is 3.06. The summed E-state index contributed by atoms with van der Waals surface area (Å²) < 4.78 is 33.7. The van der Waals surface area contributed by atoms with E-state index in [-0.39, 0.29) is 41.0 Å². The van der Waals surface area contributed by atoms with Gasteiger partial charge in [-0.3, -0.25) is 14.5 Å². The molecule has 9 nitrogen and oxygen atoms in total. The molecule has 0 bridgehead atoms. The molecule has 168 valence electrons. The summed E-state index contributed by atoms with van der Waals surface area (Å²) in [5.41, 5.74) is 0.835. The Labute approximate surface area is 185 Å². The number of alkyl halides is 2. The number of carbonyl (C=O) groups excluding carboxylic acids is 4. The van der Waals surface area contributed by atoms with Gasteiger partial charge >= 0.3 is 18.6 Å². The molecule has 12 heteroatoms. The maximum Gasteiger partial charge on any atom is 0.387 e. The van der Waals surface area contributed by atoms with Crippen molar-refractivity contribution in [3.63, 3.8) is 0 Å². The highest BCUT2D eigenvalue weighted by molar-refractivity contribution is 6.32. The minimum absolute atomic E-state index is 0.0156. The second-order valence-corrected chi connectivity index (χ2v) is 6.89. The van der Waals surface area contributed by atoms with Gasteiger partial charge in [-0.05, 0) is 35.9 Å². The molecule has 0 aromatic heterocycles. The Bertz CT molecular complexity index is 1050. The highest BCUT2D eigenvalue weighted by Gasteiger charge is 2.28. The Hall–Kier alpha value is -3.73. The lowest BCUT2D eigenvalue weighted by Crippen LogP contribution is -2.30. The van der Waals surface area contributed by atoms with Crippen LogP contribution in [-0.2, 0) is 20.9 Å². The summed E-state index contributed by atoms with van der Waals surface area (Å²) in [5.74, 6) is -2.11. The number of amides is 4. The number of ether oxygens (including phenoxy) is 2. The first-order valence-corrected chi connectivity index (χ1v) is 9.49. The highest BCUT2D eigenvalue weighted by atomic mass is 35.5. The molecule has 32 heavy (non-hydrogen) atoms. The van der Waals surface area contributed by atoms with Crippen molar-refractivity contribution in [3.8, 4) is 5.75 Å². The number of halogens is 3. The van der Waals surface area contributed by atoms with Gasteiger partial charge in [-0.2, -0.15) is 8.78 Å². The van der Waals surface area contributed by atoms with Gasteiger partial charge in [0.25, 0.3) is 5.91 Å². The quantitative estimate of drug-likeness (QED) is 0.456. The van der Waals surface area contributed by atoms with Crippen LogP contribution in [0.5, 0.6) is 5.75 Å². The molecule has 0 atom stereocenters. The molecule has 2 N–H and O–H groups in total. The SMILES string of the molecule is O=C(COC(=O)c1cccc(CN2C(=O)CNC2=O)c1)Nc1ccc(OC(F)F)c(Cl)c1. The molecule has 0 saturated carbocycles. The first-order chi connectivity index (χ1) is 15.2. The predicted molar refractivity (Wildman–Crippen MR) is 107 cm³/mol. The zero-order valence-electron chi connectivity index (χ0n) is 16.3. The molecule has 2 aromatic carbocycles. The first kappa shape index (κ1) is 22.9. The molecule has 0 radical (unpaired) electrons. The van der Waals surface area contributed by atoms with Crippen molar-refractivity contribution in [1.29, 1.82) is 0 Å². The molecule has 1 fully saturated rings. The first-order valence-electron chi connectivity index (χ1n) is 9.11. The van der Waals surface area contributed by atoms with Crippen molar-refractivity contribution in [1.82, 2.24) is 10.2 Å². The van der Waals surface area contributed by atoms with E-state index >= 15 is 0 Å². The Morgan fingerprint density at radius 1 is 1.19 bits per heavy atom. The zero-order chi connectivity index (χ0) is 23.3. The minimum atomic E-state index is -3.04. The summed E-state index contributed by atoms with van der Waals surface area (Å²) in [6.45, 7) is -3.76. The molecule has 3 rings (SSSR count).